The summed E-state index contributed by atoms with van der Waals surface area (Å²) in [6, 6.07) is 10.5. The molecule has 0 aliphatic carbocycles. The molecule has 1 aliphatic rings. The third-order valence-electron chi connectivity index (χ3n) is 3.88. The van der Waals surface area contributed by atoms with Crippen molar-refractivity contribution in [2.24, 2.45) is 0 Å². The maximum atomic E-state index is 12.1. The van der Waals surface area contributed by atoms with E-state index in [0.29, 0.717) is 17.3 Å². The van der Waals surface area contributed by atoms with Crippen molar-refractivity contribution >= 4 is 40.8 Å². The van der Waals surface area contributed by atoms with Crippen LogP contribution in [0.2, 0.25) is 0 Å². The predicted octanol–water partition coefficient (Wildman–Crippen LogP) is 3.41. The van der Waals surface area contributed by atoms with Crippen LogP contribution in [-0.4, -0.2) is 32.5 Å². The van der Waals surface area contributed by atoms with Gasteiger partial charge in [0, 0.05) is 10.4 Å². The summed E-state index contributed by atoms with van der Waals surface area (Å²) in [6.45, 7) is 0. The molecule has 3 aromatic rings. The van der Waals surface area contributed by atoms with Gasteiger partial charge >= 0.3 is 5.97 Å². The zero-order valence-corrected chi connectivity index (χ0v) is 14.5. The monoisotopic (exact) mass is 371 g/mol. The Morgan fingerprint density at radius 3 is 2.76 bits per heavy atom. The molecular weight excluding hydrogens is 358 g/mol. The van der Waals surface area contributed by atoms with E-state index < -0.39 is 5.97 Å². The van der Waals surface area contributed by atoms with Crippen molar-refractivity contribution in [3.05, 3.63) is 64.0 Å². The van der Waals surface area contributed by atoms with Gasteiger partial charge in [0.15, 0.2) is 0 Å². The van der Waals surface area contributed by atoms with Gasteiger partial charge in [0.25, 0.3) is 0 Å². The van der Waals surface area contributed by atoms with E-state index in [1.807, 2.05) is 11.4 Å². The maximum absolute atomic E-state index is 12.1. The zero-order valence-electron chi connectivity index (χ0n) is 12.9. The Bertz CT molecular complexity index is 933. The van der Waals surface area contributed by atoms with Crippen LogP contribution in [0.15, 0.2) is 48.0 Å². The summed E-state index contributed by atoms with van der Waals surface area (Å²) >= 11 is 3.23. The van der Waals surface area contributed by atoms with E-state index in [1.165, 1.54) is 17.0 Å². The van der Waals surface area contributed by atoms with Gasteiger partial charge in [-0.2, -0.15) is 5.10 Å². The maximum Gasteiger partial charge on any atom is 0.335 e. The molecule has 0 spiro atoms. The van der Waals surface area contributed by atoms with E-state index in [-0.39, 0.29) is 16.7 Å². The van der Waals surface area contributed by atoms with Crippen LogP contribution in [0.3, 0.4) is 0 Å². The predicted molar refractivity (Wildman–Crippen MR) is 97.8 cm³/mol. The van der Waals surface area contributed by atoms with Gasteiger partial charge in [-0.3, -0.25) is 4.79 Å². The molecule has 6 nitrogen and oxygen atoms in total. The van der Waals surface area contributed by atoms with Crippen LogP contribution < -0.4 is 5.32 Å². The highest BCUT2D eigenvalue weighted by molar-refractivity contribution is 8.00. The lowest BCUT2D eigenvalue weighted by atomic mass is 10.2. The summed E-state index contributed by atoms with van der Waals surface area (Å²) in [6.07, 6.45) is 1.77. The van der Waals surface area contributed by atoms with Gasteiger partial charge in [0.05, 0.1) is 28.5 Å². The number of thiophene rings is 1. The number of nitrogens with zero attached hydrogens (tertiary/aromatic N) is 2. The number of carboxylic acids is 1. The molecule has 25 heavy (non-hydrogen) atoms. The highest BCUT2D eigenvalue weighted by atomic mass is 32.2. The Kier molecular flexibility index (Phi) is 4.06. The number of carbonyl (C=O) groups excluding carboxylic acids is 1. The molecule has 2 aromatic heterocycles. The first kappa shape index (κ1) is 15.9. The fraction of sp³-hybridized carbons (Fsp3) is 0.118. The molecule has 1 aliphatic heterocycles. The Labute approximate surface area is 151 Å². The first-order valence-electron chi connectivity index (χ1n) is 7.50. The van der Waals surface area contributed by atoms with E-state index in [2.05, 4.69) is 16.5 Å². The van der Waals surface area contributed by atoms with Gasteiger partial charge in [-0.15, -0.1) is 23.1 Å². The molecule has 3 heterocycles. The smallest absolute Gasteiger partial charge is 0.335 e. The van der Waals surface area contributed by atoms with E-state index >= 15 is 0 Å². The number of hydrogen-bond donors (Lipinski definition) is 2. The van der Waals surface area contributed by atoms with Crippen molar-refractivity contribution in [1.82, 2.24) is 9.78 Å². The fourth-order valence-electron chi connectivity index (χ4n) is 2.71. The Morgan fingerprint density at radius 2 is 2.08 bits per heavy atom. The fourth-order valence-corrected chi connectivity index (χ4v) is 4.79. The van der Waals surface area contributed by atoms with Crippen LogP contribution in [0.5, 0.6) is 0 Å². The van der Waals surface area contributed by atoms with Gasteiger partial charge in [-0.25, -0.2) is 9.48 Å². The van der Waals surface area contributed by atoms with Crippen molar-refractivity contribution in [1.29, 1.82) is 0 Å². The molecule has 126 valence electrons. The second kappa shape index (κ2) is 6.38. The molecule has 1 atom stereocenters. The highest BCUT2D eigenvalue weighted by Gasteiger charge is 2.28. The van der Waals surface area contributed by atoms with E-state index in [0.717, 1.165) is 5.56 Å². The van der Waals surface area contributed by atoms with Crippen molar-refractivity contribution in [3.8, 4) is 5.69 Å². The van der Waals surface area contributed by atoms with Gasteiger partial charge in [-0.1, -0.05) is 6.07 Å². The average molecular weight is 371 g/mol. The number of aromatic carboxylic acids is 1. The van der Waals surface area contributed by atoms with Crippen LogP contribution in [0, 0.1) is 0 Å². The molecule has 0 saturated heterocycles. The lowest BCUT2D eigenvalue weighted by molar-refractivity contribution is -0.113. The molecule has 0 bridgehead atoms. The van der Waals surface area contributed by atoms with Crippen molar-refractivity contribution in [2.45, 2.75) is 5.25 Å². The first-order chi connectivity index (χ1) is 12.1. The molecule has 2 N–H and O–H groups in total. The molecule has 0 unspecified atom stereocenters. The number of rotatable bonds is 3. The third kappa shape index (κ3) is 2.94. The van der Waals surface area contributed by atoms with Crippen LogP contribution in [0.4, 0.5) is 5.82 Å². The molecule has 1 aromatic carbocycles. The number of aromatic nitrogens is 2. The third-order valence-corrected chi connectivity index (χ3v) is 6.24. The molecule has 0 saturated carbocycles. The largest absolute Gasteiger partial charge is 0.478 e. The second-order valence-electron chi connectivity index (χ2n) is 5.47. The molecule has 4 rings (SSSR count). The standard InChI is InChI=1S/C17H13N3O3S2/c21-14-9-25-15(13-2-1-7-24-13)12-8-18-20(16(12)19-14)11-5-3-10(4-6-11)17(22)23/h1-8,15H,9H2,(H,19,21)(H,22,23)/t15-/m1/s1. The van der Waals surface area contributed by atoms with Crippen LogP contribution in [0.25, 0.3) is 5.69 Å². The van der Waals surface area contributed by atoms with E-state index in [9.17, 15) is 9.59 Å². The summed E-state index contributed by atoms with van der Waals surface area (Å²) < 4.78 is 1.64. The number of benzene rings is 1. The van der Waals surface area contributed by atoms with Gasteiger partial charge in [-0.05, 0) is 35.7 Å². The number of anilines is 1. The Balaban J connectivity index is 1.79. The Morgan fingerprint density at radius 1 is 1.28 bits per heavy atom. The second-order valence-corrected chi connectivity index (χ2v) is 7.54. The molecule has 1 amide bonds. The molecule has 8 heteroatoms. The summed E-state index contributed by atoms with van der Waals surface area (Å²) in [5.41, 5.74) is 1.85. The van der Waals surface area contributed by atoms with Crippen LogP contribution in [-0.2, 0) is 4.79 Å². The topological polar surface area (TPSA) is 84.2 Å². The number of carbonyl (C=O) groups is 2. The Hall–Kier alpha value is -2.58. The number of thioether (sulfide) groups is 1. The molecular formula is C17H13N3O3S2. The van der Waals surface area contributed by atoms with Gasteiger partial charge in [0.1, 0.15) is 5.82 Å². The molecule has 0 radical (unpaired) electrons. The number of nitrogens with one attached hydrogen (secondary N) is 1. The first-order valence-corrected chi connectivity index (χ1v) is 9.43. The highest BCUT2D eigenvalue weighted by Crippen LogP contribution is 2.43. The lowest BCUT2D eigenvalue weighted by Gasteiger charge is -2.12. The van der Waals surface area contributed by atoms with E-state index in [1.54, 1.807) is 46.1 Å². The lowest BCUT2D eigenvalue weighted by Crippen LogP contribution is -2.15. The SMILES string of the molecule is O=C1CS[C@@H](c2cccs2)c2cnn(-c3ccc(C(=O)O)cc3)c2N1. The van der Waals surface area contributed by atoms with E-state index in [4.69, 9.17) is 5.11 Å². The minimum Gasteiger partial charge on any atom is -0.478 e. The minimum atomic E-state index is -0.978. The average Bonchev–Trinajstić information content (AvgIpc) is 3.24. The number of amides is 1. The number of hydrogen-bond acceptors (Lipinski definition) is 5. The summed E-state index contributed by atoms with van der Waals surface area (Å²) in [4.78, 5) is 24.3. The normalized spacial score (nSPS) is 16.8. The summed E-state index contributed by atoms with van der Waals surface area (Å²) in [5, 5.41) is 18.4. The number of fused-ring (bicyclic) bond motifs is 1. The van der Waals surface area contributed by atoms with Crippen molar-refractivity contribution in [3.63, 3.8) is 0 Å². The van der Waals surface area contributed by atoms with Crippen LogP contribution in [0.1, 0.15) is 26.0 Å². The van der Waals surface area contributed by atoms with Gasteiger partial charge < -0.3 is 10.4 Å². The van der Waals surface area contributed by atoms with Gasteiger partial charge in [0.2, 0.25) is 5.91 Å². The van der Waals surface area contributed by atoms with Crippen LogP contribution >= 0.6 is 23.1 Å². The van der Waals surface area contributed by atoms with Crippen molar-refractivity contribution in [2.75, 3.05) is 11.1 Å². The number of carboxylic acid groups (broad SMARTS) is 1. The van der Waals surface area contributed by atoms with Crippen molar-refractivity contribution < 1.29 is 14.7 Å². The zero-order chi connectivity index (χ0) is 17.4. The molecule has 0 fully saturated rings. The minimum absolute atomic E-state index is 0.0426. The summed E-state index contributed by atoms with van der Waals surface area (Å²) in [5.74, 6) is -0.0474. The quantitative estimate of drug-likeness (QED) is 0.737. The summed E-state index contributed by atoms with van der Waals surface area (Å²) in [7, 11) is 0.